The maximum atomic E-state index is 10.9. The maximum Gasteiger partial charge on any atom is 0.269 e. The van der Waals surface area contributed by atoms with Gasteiger partial charge in [-0.2, -0.15) is 0 Å². The molecule has 0 amide bonds. The smallest absolute Gasteiger partial charge is 0.269 e. The van der Waals surface area contributed by atoms with Crippen LogP contribution in [0.3, 0.4) is 0 Å². The van der Waals surface area contributed by atoms with Crippen LogP contribution in [0.1, 0.15) is 18.4 Å². The Balaban J connectivity index is 1.51. The number of aliphatic imine (C=N–C) groups is 1. The largest absolute Gasteiger partial charge is 0.355 e. The number of rotatable bonds is 7. The molecule has 0 spiro atoms. The lowest BCUT2D eigenvalue weighted by Crippen LogP contribution is -2.40. The number of hydrogen-bond donors (Lipinski definition) is 2. The Morgan fingerprint density at radius 2 is 1.96 bits per heavy atom. The van der Waals surface area contributed by atoms with Gasteiger partial charge < -0.3 is 10.6 Å². The highest BCUT2D eigenvalue weighted by atomic mass is 32.2. The van der Waals surface area contributed by atoms with Gasteiger partial charge in [0.25, 0.3) is 5.69 Å². The van der Waals surface area contributed by atoms with Crippen LogP contribution in [-0.4, -0.2) is 29.2 Å². The average molecular weight is 370 g/mol. The molecular weight excluding hydrogens is 348 g/mol. The van der Waals surface area contributed by atoms with Crippen LogP contribution in [0.15, 0.2) is 64.5 Å². The van der Waals surface area contributed by atoms with Crippen LogP contribution >= 0.6 is 11.8 Å². The SMILES string of the molecule is CN=C(NCc1cccc([N+](=O)[O-])c1)NCC1(Sc2ccccc2)CC1. The van der Waals surface area contributed by atoms with Gasteiger partial charge in [0.05, 0.1) is 4.92 Å². The van der Waals surface area contributed by atoms with Crippen LogP contribution in [0, 0.1) is 10.1 Å². The molecule has 2 aromatic rings. The lowest BCUT2D eigenvalue weighted by Gasteiger charge is -2.18. The van der Waals surface area contributed by atoms with Gasteiger partial charge in [-0.3, -0.25) is 15.1 Å². The number of guanidine groups is 1. The number of benzene rings is 2. The third-order valence-electron chi connectivity index (χ3n) is 4.27. The van der Waals surface area contributed by atoms with Gasteiger partial charge in [0.15, 0.2) is 5.96 Å². The van der Waals surface area contributed by atoms with Crippen molar-refractivity contribution in [3.8, 4) is 0 Å². The Bertz CT molecular complexity index is 791. The zero-order valence-corrected chi connectivity index (χ0v) is 15.5. The molecule has 0 aliphatic heterocycles. The highest BCUT2D eigenvalue weighted by Crippen LogP contribution is 2.51. The fourth-order valence-electron chi connectivity index (χ4n) is 2.62. The first-order valence-electron chi connectivity index (χ1n) is 8.52. The average Bonchev–Trinajstić information content (AvgIpc) is 3.42. The second-order valence-corrected chi connectivity index (χ2v) is 7.85. The van der Waals surface area contributed by atoms with Crippen LogP contribution in [-0.2, 0) is 6.54 Å². The van der Waals surface area contributed by atoms with Crippen molar-refractivity contribution in [2.75, 3.05) is 13.6 Å². The van der Waals surface area contributed by atoms with E-state index >= 15 is 0 Å². The van der Waals surface area contributed by atoms with Crippen LogP contribution in [0.5, 0.6) is 0 Å². The summed E-state index contributed by atoms with van der Waals surface area (Å²) < 4.78 is 0.227. The molecule has 2 N–H and O–H groups in total. The monoisotopic (exact) mass is 370 g/mol. The van der Waals surface area contributed by atoms with E-state index in [4.69, 9.17) is 0 Å². The van der Waals surface area contributed by atoms with Crippen LogP contribution in [0.2, 0.25) is 0 Å². The zero-order chi connectivity index (χ0) is 18.4. The number of nitrogens with zero attached hydrogens (tertiary/aromatic N) is 2. The van der Waals surface area contributed by atoms with Crippen molar-refractivity contribution in [2.45, 2.75) is 29.0 Å². The van der Waals surface area contributed by atoms with Crippen LogP contribution < -0.4 is 10.6 Å². The van der Waals surface area contributed by atoms with Gasteiger partial charge in [0, 0.05) is 41.9 Å². The van der Waals surface area contributed by atoms with Gasteiger partial charge in [-0.15, -0.1) is 11.8 Å². The lowest BCUT2D eigenvalue weighted by molar-refractivity contribution is -0.384. The number of non-ortho nitro benzene ring substituents is 1. The summed E-state index contributed by atoms with van der Waals surface area (Å²) in [5, 5.41) is 17.5. The van der Waals surface area contributed by atoms with Crippen molar-refractivity contribution in [3.05, 3.63) is 70.3 Å². The first kappa shape index (κ1) is 18.3. The van der Waals surface area contributed by atoms with Gasteiger partial charge in [-0.25, -0.2) is 0 Å². The molecule has 0 saturated heterocycles. The van der Waals surface area contributed by atoms with E-state index in [2.05, 4.69) is 39.9 Å². The number of nitro benzene ring substituents is 1. The fourth-order valence-corrected chi connectivity index (χ4v) is 3.87. The maximum absolute atomic E-state index is 10.9. The number of thioether (sulfide) groups is 1. The first-order valence-corrected chi connectivity index (χ1v) is 9.34. The summed E-state index contributed by atoms with van der Waals surface area (Å²) in [6.45, 7) is 1.32. The fraction of sp³-hybridized carbons (Fsp3) is 0.316. The van der Waals surface area contributed by atoms with Gasteiger partial charge in [-0.05, 0) is 30.5 Å². The minimum atomic E-state index is -0.381. The highest BCUT2D eigenvalue weighted by Gasteiger charge is 2.43. The third-order valence-corrected chi connectivity index (χ3v) is 5.76. The summed E-state index contributed by atoms with van der Waals surface area (Å²) in [6.07, 6.45) is 2.36. The topological polar surface area (TPSA) is 79.6 Å². The molecule has 6 nitrogen and oxygen atoms in total. The van der Waals surface area contributed by atoms with Crippen molar-refractivity contribution in [1.29, 1.82) is 0 Å². The molecule has 1 aliphatic carbocycles. The van der Waals surface area contributed by atoms with E-state index in [0.29, 0.717) is 12.5 Å². The van der Waals surface area contributed by atoms with E-state index in [9.17, 15) is 10.1 Å². The van der Waals surface area contributed by atoms with E-state index in [-0.39, 0.29) is 15.4 Å². The van der Waals surface area contributed by atoms with E-state index in [1.54, 1.807) is 19.2 Å². The molecule has 0 heterocycles. The van der Waals surface area contributed by atoms with E-state index in [1.165, 1.54) is 23.8 Å². The van der Waals surface area contributed by atoms with E-state index < -0.39 is 0 Å². The van der Waals surface area contributed by atoms with Crippen molar-refractivity contribution in [1.82, 2.24) is 10.6 Å². The molecule has 26 heavy (non-hydrogen) atoms. The number of nitrogens with one attached hydrogen (secondary N) is 2. The second-order valence-electron chi connectivity index (χ2n) is 6.30. The minimum Gasteiger partial charge on any atom is -0.355 e. The molecule has 3 rings (SSSR count). The molecule has 2 aromatic carbocycles. The van der Waals surface area contributed by atoms with Gasteiger partial charge >= 0.3 is 0 Å². The van der Waals surface area contributed by atoms with Crippen molar-refractivity contribution in [3.63, 3.8) is 0 Å². The molecule has 1 fully saturated rings. The molecule has 0 bridgehead atoms. The lowest BCUT2D eigenvalue weighted by atomic mass is 10.2. The quantitative estimate of drug-likeness (QED) is 0.337. The Hall–Kier alpha value is -2.54. The van der Waals surface area contributed by atoms with Crippen molar-refractivity contribution >= 4 is 23.4 Å². The highest BCUT2D eigenvalue weighted by molar-refractivity contribution is 8.01. The number of hydrogen-bond acceptors (Lipinski definition) is 4. The predicted molar refractivity (Wildman–Crippen MR) is 106 cm³/mol. The summed E-state index contributed by atoms with van der Waals surface area (Å²) in [7, 11) is 1.73. The normalized spacial score (nSPS) is 15.3. The van der Waals surface area contributed by atoms with E-state index in [0.717, 1.165) is 12.1 Å². The summed E-state index contributed by atoms with van der Waals surface area (Å²) in [5.74, 6) is 0.705. The molecule has 1 saturated carbocycles. The molecule has 136 valence electrons. The molecule has 1 aliphatic rings. The van der Waals surface area contributed by atoms with Crippen LogP contribution in [0.4, 0.5) is 5.69 Å². The van der Waals surface area contributed by atoms with Crippen LogP contribution in [0.25, 0.3) is 0 Å². The van der Waals surface area contributed by atoms with Crippen molar-refractivity contribution in [2.24, 2.45) is 4.99 Å². The molecule has 0 radical (unpaired) electrons. The number of nitro groups is 1. The van der Waals surface area contributed by atoms with Gasteiger partial charge in [0.2, 0.25) is 0 Å². The molecular formula is C19H22N4O2S. The Morgan fingerprint density at radius 1 is 1.19 bits per heavy atom. The Kier molecular flexibility index (Phi) is 5.78. The zero-order valence-electron chi connectivity index (χ0n) is 14.6. The second kappa shape index (κ2) is 8.23. The first-order chi connectivity index (χ1) is 12.6. The van der Waals surface area contributed by atoms with Crippen molar-refractivity contribution < 1.29 is 4.92 Å². The third kappa shape index (κ3) is 4.98. The van der Waals surface area contributed by atoms with Gasteiger partial charge in [0.1, 0.15) is 0 Å². The molecule has 7 heteroatoms. The summed E-state index contributed by atoms with van der Waals surface area (Å²) >= 11 is 1.91. The Morgan fingerprint density at radius 3 is 2.62 bits per heavy atom. The summed E-state index contributed by atoms with van der Waals surface area (Å²) in [6, 6.07) is 17.1. The predicted octanol–water partition coefficient (Wildman–Crippen LogP) is 3.58. The molecule has 0 unspecified atom stereocenters. The van der Waals surface area contributed by atoms with Gasteiger partial charge in [-0.1, -0.05) is 30.3 Å². The minimum absolute atomic E-state index is 0.100. The molecule has 0 atom stereocenters. The van der Waals surface area contributed by atoms with E-state index in [1.807, 2.05) is 23.9 Å². The Labute approximate surface area is 157 Å². The summed E-state index contributed by atoms with van der Waals surface area (Å²) in [5.41, 5.74) is 0.949. The summed E-state index contributed by atoms with van der Waals surface area (Å²) in [4.78, 5) is 16.0. The standard InChI is InChI=1S/C19H22N4O2S/c1-20-18(21-13-15-6-5-7-16(12-15)23(24)25)22-14-19(10-11-19)26-17-8-3-2-4-9-17/h2-9,12H,10-11,13-14H2,1H3,(H2,20,21,22). The molecule has 0 aromatic heterocycles.